The zero-order chi connectivity index (χ0) is 20.1. The Bertz CT molecular complexity index is 959. The SMILES string of the molecule is COc1ccc(C(C)(C)C)cc1NC(=O)c1cccc(Oc2ccccc2)c1. The Hall–Kier alpha value is -3.27. The number of carbonyl (C=O) groups is 1. The first-order valence-electron chi connectivity index (χ1n) is 9.19. The zero-order valence-corrected chi connectivity index (χ0v) is 16.7. The molecule has 0 unspecified atom stereocenters. The maximum absolute atomic E-state index is 12.8. The molecule has 0 spiro atoms. The fourth-order valence-corrected chi connectivity index (χ4v) is 2.79. The van der Waals surface area contributed by atoms with Crippen LogP contribution < -0.4 is 14.8 Å². The van der Waals surface area contributed by atoms with E-state index in [0.29, 0.717) is 22.7 Å². The molecule has 0 aliphatic carbocycles. The van der Waals surface area contributed by atoms with E-state index < -0.39 is 0 Å². The van der Waals surface area contributed by atoms with E-state index in [2.05, 4.69) is 26.1 Å². The number of amides is 1. The minimum absolute atomic E-state index is 0.0326. The predicted octanol–water partition coefficient (Wildman–Crippen LogP) is 6.04. The third kappa shape index (κ3) is 4.71. The summed E-state index contributed by atoms with van der Waals surface area (Å²) in [5.74, 6) is 1.73. The van der Waals surface area contributed by atoms with Crippen molar-refractivity contribution in [2.75, 3.05) is 12.4 Å². The molecule has 0 fully saturated rings. The van der Waals surface area contributed by atoms with Gasteiger partial charge < -0.3 is 14.8 Å². The number of hydrogen-bond donors (Lipinski definition) is 1. The Kier molecular flexibility index (Phi) is 5.69. The quantitative estimate of drug-likeness (QED) is 0.591. The lowest BCUT2D eigenvalue weighted by atomic mass is 9.87. The fraction of sp³-hybridized carbons (Fsp3) is 0.208. The van der Waals surface area contributed by atoms with Crippen LogP contribution in [0.15, 0.2) is 72.8 Å². The van der Waals surface area contributed by atoms with E-state index in [1.165, 1.54) is 0 Å². The van der Waals surface area contributed by atoms with Crippen LogP contribution in [0.2, 0.25) is 0 Å². The molecule has 4 heteroatoms. The first kappa shape index (κ1) is 19.5. The van der Waals surface area contributed by atoms with Crippen LogP contribution in [0.1, 0.15) is 36.7 Å². The van der Waals surface area contributed by atoms with Gasteiger partial charge in [-0.2, -0.15) is 0 Å². The summed E-state index contributed by atoms with van der Waals surface area (Å²) in [5, 5.41) is 2.96. The van der Waals surface area contributed by atoms with Crippen molar-refractivity contribution in [1.29, 1.82) is 0 Å². The van der Waals surface area contributed by atoms with Gasteiger partial charge in [0.15, 0.2) is 0 Å². The van der Waals surface area contributed by atoms with Crippen LogP contribution in [-0.2, 0) is 5.41 Å². The van der Waals surface area contributed by atoms with Crippen LogP contribution in [0, 0.1) is 0 Å². The summed E-state index contributed by atoms with van der Waals surface area (Å²) in [7, 11) is 1.59. The predicted molar refractivity (Wildman–Crippen MR) is 113 cm³/mol. The molecule has 3 rings (SSSR count). The number of para-hydroxylation sites is 1. The summed E-state index contributed by atoms with van der Waals surface area (Å²) in [6.07, 6.45) is 0. The molecule has 3 aromatic rings. The third-order valence-electron chi connectivity index (χ3n) is 4.39. The smallest absolute Gasteiger partial charge is 0.255 e. The third-order valence-corrected chi connectivity index (χ3v) is 4.39. The molecule has 0 heterocycles. The van der Waals surface area contributed by atoms with Crippen molar-refractivity contribution in [2.45, 2.75) is 26.2 Å². The number of ether oxygens (including phenoxy) is 2. The second-order valence-corrected chi connectivity index (χ2v) is 7.56. The van der Waals surface area contributed by atoms with Gasteiger partial charge in [-0.3, -0.25) is 4.79 Å². The summed E-state index contributed by atoms with van der Waals surface area (Å²) in [6.45, 7) is 6.39. The second kappa shape index (κ2) is 8.17. The molecule has 144 valence electrons. The van der Waals surface area contributed by atoms with Crippen molar-refractivity contribution in [3.8, 4) is 17.2 Å². The molecule has 0 saturated carbocycles. The Morgan fingerprint density at radius 1 is 0.857 bits per heavy atom. The van der Waals surface area contributed by atoms with Crippen LogP contribution in [-0.4, -0.2) is 13.0 Å². The van der Waals surface area contributed by atoms with E-state index in [-0.39, 0.29) is 11.3 Å². The number of carbonyl (C=O) groups excluding carboxylic acids is 1. The number of hydrogen-bond acceptors (Lipinski definition) is 3. The molecule has 4 nitrogen and oxygen atoms in total. The molecule has 0 aromatic heterocycles. The van der Waals surface area contributed by atoms with Gasteiger partial charge in [0.05, 0.1) is 12.8 Å². The summed E-state index contributed by atoms with van der Waals surface area (Å²) in [5.41, 5.74) is 2.24. The summed E-state index contributed by atoms with van der Waals surface area (Å²) < 4.78 is 11.2. The normalized spacial score (nSPS) is 11.0. The molecule has 1 N–H and O–H groups in total. The van der Waals surface area contributed by atoms with Crippen molar-refractivity contribution >= 4 is 11.6 Å². The maximum Gasteiger partial charge on any atom is 0.255 e. The van der Waals surface area contributed by atoms with Gasteiger partial charge in [0.1, 0.15) is 17.2 Å². The van der Waals surface area contributed by atoms with Crippen LogP contribution >= 0.6 is 0 Å². The minimum Gasteiger partial charge on any atom is -0.495 e. The Morgan fingerprint density at radius 3 is 2.25 bits per heavy atom. The molecule has 1 amide bonds. The summed E-state index contributed by atoms with van der Waals surface area (Å²) in [6, 6.07) is 22.4. The second-order valence-electron chi connectivity index (χ2n) is 7.56. The molecule has 0 saturated heterocycles. The molecule has 0 aliphatic heterocycles. The van der Waals surface area contributed by atoms with E-state index >= 15 is 0 Å². The molecule has 0 atom stereocenters. The van der Waals surface area contributed by atoms with Gasteiger partial charge in [0.2, 0.25) is 0 Å². The van der Waals surface area contributed by atoms with Crippen LogP contribution in [0.5, 0.6) is 17.2 Å². The number of nitrogens with one attached hydrogen (secondary N) is 1. The van der Waals surface area contributed by atoms with E-state index in [4.69, 9.17) is 9.47 Å². The molecule has 3 aromatic carbocycles. The Balaban J connectivity index is 1.82. The zero-order valence-electron chi connectivity index (χ0n) is 16.7. The van der Waals surface area contributed by atoms with Gasteiger partial charge >= 0.3 is 0 Å². The fourth-order valence-electron chi connectivity index (χ4n) is 2.79. The number of rotatable bonds is 5. The van der Waals surface area contributed by atoms with E-state index in [1.54, 1.807) is 25.3 Å². The monoisotopic (exact) mass is 375 g/mol. The molecule has 28 heavy (non-hydrogen) atoms. The molecule has 0 bridgehead atoms. The van der Waals surface area contributed by atoms with Crippen molar-refractivity contribution in [3.05, 3.63) is 83.9 Å². The highest BCUT2D eigenvalue weighted by Gasteiger charge is 2.17. The van der Waals surface area contributed by atoms with Crippen LogP contribution in [0.3, 0.4) is 0 Å². The Morgan fingerprint density at radius 2 is 1.57 bits per heavy atom. The van der Waals surface area contributed by atoms with Crippen molar-refractivity contribution in [3.63, 3.8) is 0 Å². The highest BCUT2D eigenvalue weighted by molar-refractivity contribution is 6.05. The molecule has 0 radical (unpaired) electrons. The van der Waals surface area contributed by atoms with Crippen molar-refractivity contribution in [1.82, 2.24) is 0 Å². The first-order chi connectivity index (χ1) is 13.4. The van der Waals surface area contributed by atoms with Crippen molar-refractivity contribution in [2.24, 2.45) is 0 Å². The lowest BCUT2D eigenvalue weighted by Gasteiger charge is -2.21. The van der Waals surface area contributed by atoms with Gasteiger partial charge in [0, 0.05) is 5.56 Å². The van der Waals surface area contributed by atoms with E-state index in [0.717, 1.165) is 11.3 Å². The number of methoxy groups -OCH3 is 1. The number of anilines is 1. The lowest BCUT2D eigenvalue weighted by molar-refractivity contribution is 0.102. The summed E-state index contributed by atoms with van der Waals surface area (Å²) >= 11 is 0. The van der Waals surface area contributed by atoms with Crippen molar-refractivity contribution < 1.29 is 14.3 Å². The standard InChI is InChI=1S/C24H25NO3/c1-24(2,3)18-13-14-22(27-4)21(16-18)25-23(26)17-9-8-12-20(15-17)28-19-10-6-5-7-11-19/h5-16H,1-4H3,(H,25,26). The average Bonchev–Trinajstić information content (AvgIpc) is 2.68. The van der Waals surface area contributed by atoms with Gasteiger partial charge in [-0.1, -0.05) is 51.1 Å². The first-order valence-corrected chi connectivity index (χ1v) is 9.19. The highest BCUT2D eigenvalue weighted by Crippen LogP contribution is 2.32. The van der Waals surface area contributed by atoms with Gasteiger partial charge in [-0.05, 0) is 53.4 Å². The van der Waals surface area contributed by atoms with Crippen LogP contribution in [0.4, 0.5) is 5.69 Å². The number of benzene rings is 3. The van der Waals surface area contributed by atoms with E-state index in [1.807, 2.05) is 54.6 Å². The molecular formula is C24H25NO3. The van der Waals surface area contributed by atoms with Gasteiger partial charge in [-0.15, -0.1) is 0 Å². The molecule has 0 aliphatic rings. The minimum atomic E-state index is -0.220. The highest BCUT2D eigenvalue weighted by atomic mass is 16.5. The average molecular weight is 375 g/mol. The summed E-state index contributed by atoms with van der Waals surface area (Å²) in [4.78, 5) is 12.8. The topological polar surface area (TPSA) is 47.6 Å². The van der Waals surface area contributed by atoms with E-state index in [9.17, 15) is 4.79 Å². The maximum atomic E-state index is 12.8. The van der Waals surface area contributed by atoms with Gasteiger partial charge in [0.25, 0.3) is 5.91 Å². The largest absolute Gasteiger partial charge is 0.495 e. The van der Waals surface area contributed by atoms with Crippen LogP contribution in [0.25, 0.3) is 0 Å². The van der Waals surface area contributed by atoms with Gasteiger partial charge in [-0.25, -0.2) is 0 Å². The molecular weight excluding hydrogens is 350 g/mol. The lowest BCUT2D eigenvalue weighted by Crippen LogP contribution is -2.15. The Labute approximate surface area is 166 Å².